The molecule has 0 aromatic carbocycles. The highest BCUT2D eigenvalue weighted by Gasteiger charge is 2.61. The Morgan fingerprint density at radius 3 is 1.95 bits per heavy atom. The summed E-state index contributed by atoms with van der Waals surface area (Å²) in [6, 6.07) is 0. The first-order valence-electron chi connectivity index (χ1n) is 8.39. The minimum Gasteiger partial charge on any atom is -0.396 e. The second-order valence-corrected chi connectivity index (χ2v) is 6.95. The van der Waals surface area contributed by atoms with E-state index in [4.69, 9.17) is 5.11 Å². The smallest absolute Gasteiger partial charge is 0.139 e. The molecule has 0 aromatic rings. The number of carbonyl (C=O) groups excluding carboxylic acids is 2. The van der Waals surface area contributed by atoms with Crippen molar-refractivity contribution in [2.24, 2.45) is 16.7 Å². The molecule has 1 N–H and O–H groups in total. The lowest BCUT2D eigenvalue weighted by molar-refractivity contribution is -0.128. The summed E-state index contributed by atoms with van der Waals surface area (Å²) in [5, 5.41) is 7.88. The zero-order valence-corrected chi connectivity index (χ0v) is 14.6. The molecule has 2 fully saturated rings. The zero-order valence-electron chi connectivity index (χ0n) is 14.6. The Balaban J connectivity index is 0.000000342. The molecular weight excluding hydrogens is 264 g/mol. The van der Waals surface area contributed by atoms with Crippen molar-refractivity contribution in [3.05, 3.63) is 0 Å². The van der Waals surface area contributed by atoms with Crippen LogP contribution in [0.4, 0.5) is 0 Å². The maximum Gasteiger partial charge on any atom is 0.139 e. The van der Waals surface area contributed by atoms with Crippen molar-refractivity contribution in [1.82, 2.24) is 0 Å². The maximum atomic E-state index is 11.6. The first-order chi connectivity index (χ1) is 9.81. The van der Waals surface area contributed by atoms with Crippen molar-refractivity contribution in [3.8, 4) is 0 Å². The van der Waals surface area contributed by atoms with Gasteiger partial charge in [-0.15, -0.1) is 0 Å². The van der Waals surface area contributed by atoms with Crippen LogP contribution in [0.2, 0.25) is 0 Å². The third kappa shape index (κ3) is 4.91. The standard InChI is InChI=1S/C10H16O.C5H10O.C3H8O/c1-9(2)7-4-5-10(9,3)8(11)6-7;1-2-3-4-5-6;1-2-3-4/h7H,4-6H2,1-3H3;5H,2-4H2,1H3;4H,2-3H2,1H3. The fourth-order valence-electron chi connectivity index (χ4n) is 3.19. The van der Waals surface area contributed by atoms with Gasteiger partial charge >= 0.3 is 0 Å². The molecule has 2 atom stereocenters. The number of carbonyl (C=O) groups is 2. The van der Waals surface area contributed by atoms with Gasteiger partial charge in [0.15, 0.2) is 0 Å². The van der Waals surface area contributed by atoms with E-state index in [1.165, 1.54) is 6.42 Å². The van der Waals surface area contributed by atoms with Crippen molar-refractivity contribution in [1.29, 1.82) is 0 Å². The molecule has 2 rings (SSSR count). The van der Waals surface area contributed by atoms with Crippen molar-refractivity contribution in [2.45, 2.75) is 79.6 Å². The Bertz CT molecular complexity index is 320. The van der Waals surface area contributed by atoms with Gasteiger partial charge < -0.3 is 9.90 Å². The summed E-state index contributed by atoms with van der Waals surface area (Å²) in [6.45, 7) is 11.0. The van der Waals surface area contributed by atoms with E-state index in [9.17, 15) is 9.59 Å². The van der Waals surface area contributed by atoms with Gasteiger partial charge in [0, 0.05) is 24.9 Å². The Morgan fingerprint density at radius 1 is 1.24 bits per heavy atom. The minimum atomic E-state index is 0.0255. The van der Waals surface area contributed by atoms with Gasteiger partial charge in [0.05, 0.1) is 0 Å². The van der Waals surface area contributed by atoms with Gasteiger partial charge in [0.1, 0.15) is 12.1 Å². The molecule has 0 spiro atoms. The van der Waals surface area contributed by atoms with Crippen LogP contribution in [0.3, 0.4) is 0 Å². The first-order valence-corrected chi connectivity index (χ1v) is 8.39. The van der Waals surface area contributed by atoms with Gasteiger partial charge in [0.2, 0.25) is 0 Å². The summed E-state index contributed by atoms with van der Waals surface area (Å²) >= 11 is 0. The first kappa shape index (κ1) is 20.3. The highest BCUT2D eigenvalue weighted by Crippen LogP contribution is 2.63. The Hall–Kier alpha value is -0.700. The van der Waals surface area contributed by atoms with Crippen LogP contribution in [0, 0.1) is 16.7 Å². The van der Waals surface area contributed by atoms with Gasteiger partial charge in [-0.25, -0.2) is 0 Å². The van der Waals surface area contributed by atoms with E-state index in [2.05, 4.69) is 27.7 Å². The fourth-order valence-corrected chi connectivity index (χ4v) is 3.19. The van der Waals surface area contributed by atoms with Crippen molar-refractivity contribution in [3.63, 3.8) is 0 Å². The largest absolute Gasteiger partial charge is 0.396 e. The molecular formula is C18H34O3. The van der Waals surface area contributed by atoms with E-state index in [0.29, 0.717) is 18.3 Å². The molecule has 2 unspecified atom stereocenters. The summed E-state index contributed by atoms with van der Waals surface area (Å²) in [6.07, 6.45) is 7.99. The van der Waals surface area contributed by atoms with Crippen LogP contribution in [-0.4, -0.2) is 23.8 Å². The lowest BCUT2D eigenvalue weighted by atomic mass is 9.70. The number of ketones is 1. The van der Waals surface area contributed by atoms with Gasteiger partial charge in [-0.1, -0.05) is 41.0 Å². The number of aliphatic hydroxyl groups excluding tert-OH is 1. The molecule has 0 radical (unpaired) electrons. The van der Waals surface area contributed by atoms with Crippen molar-refractivity contribution >= 4 is 12.1 Å². The lowest BCUT2D eigenvalue weighted by Gasteiger charge is -2.32. The van der Waals surface area contributed by atoms with Crippen LogP contribution in [-0.2, 0) is 9.59 Å². The lowest BCUT2D eigenvalue weighted by Crippen LogP contribution is -2.32. The molecule has 124 valence electrons. The molecule has 2 bridgehead atoms. The fraction of sp³-hybridized carbons (Fsp3) is 0.889. The molecule has 0 amide bonds. The second kappa shape index (κ2) is 9.34. The number of unbranched alkanes of at least 4 members (excludes halogenated alkanes) is 2. The highest BCUT2D eigenvalue weighted by molar-refractivity contribution is 5.89. The van der Waals surface area contributed by atoms with E-state index < -0.39 is 0 Å². The molecule has 21 heavy (non-hydrogen) atoms. The summed E-state index contributed by atoms with van der Waals surface area (Å²) in [5.41, 5.74) is 0.307. The second-order valence-electron chi connectivity index (χ2n) is 6.95. The summed E-state index contributed by atoms with van der Waals surface area (Å²) in [5.74, 6) is 1.19. The Labute approximate surface area is 130 Å². The molecule has 0 heterocycles. The van der Waals surface area contributed by atoms with Gasteiger partial charge in [-0.05, 0) is 37.0 Å². The van der Waals surface area contributed by atoms with Crippen LogP contribution in [0.5, 0.6) is 0 Å². The quantitative estimate of drug-likeness (QED) is 0.626. The van der Waals surface area contributed by atoms with E-state index in [-0.39, 0.29) is 10.8 Å². The summed E-state index contributed by atoms with van der Waals surface area (Å²) in [7, 11) is 0. The SMILES string of the molecule is CC12CCC(CC1=O)C2(C)C.CCCCC=O.CCCO. The van der Waals surface area contributed by atoms with Crippen LogP contribution >= 0.6 is 0 Å². The van der Waals surface area contributed by atoms with E-state index in [1.54, 1.807) is 0 Å². The normalized spacial score (nSPS) is 28.3. The predicted octanol–water partition coefficient (Wildman–Crippen LogP) is 4.17. The average molecular weight is 298 g/mol. The number of aliphatic hydroxyl groups is 1. The molecule has 2 aliphatic rings. The molecule has 0 aromatic heterocycles. The Morgan fingerprint density at radius 2 is 1.81 bits per heavy atom. The summed E-state index contributed by atoms with van der Waals surface area (Å²) < 4.78 is 0. The van der Waals surface area contributed by atoms with Gasteiger partial charge in [0.25, 0.3) is 0 Å². The highest BCUT2D eigenvalue weighted by atomic mass is 16.2. The van der Waals surface area contributed by atoms with E-state index in [0.717, 1.165) is 44.8 Å². The molecule has 0 aliphatic heterocycles. The number of rotatable bonds is 4. The monoisotopic (exact) mass is 298 g/mol. The van der Waals surface area contributed by atoms with Gasteiger partial charge in [-0.2, -0.15) is 0 Å². The molecule has 2 aliphatic carbocycles. The van der Waals surface area contributed by atoms with E-state index >= 15 is 0 Å². The summed E-state index contributed by atoms with van der Waals surface area (Å²) in [4.78, 5) is 21.1. The van der Waals surface area contributed by atoms with Crippen LogP contribution in [0.1, 0.15) is 79.6 Å². The predicted molar refractivity (Wildman–Crippen MR) is 87.2 cm³/mol. The zero-order chi connectivity index (χ0) is 16.5. The minimum absolute atomic E-state index is 0.0255. The third-order valence-corrected chi connectivity index (χ3v) is 5.38. The van der Waals surface area contributed by atoms with Crippen molar-refractivity contribution < 1.29 is 14.7 Å². The number of aldehydes is 1. The average Bonchev–Trinajstić information content (AvgIpc) is 2.79. The molecule has 3 heteroatoms. The van der Waals surface area contributed by atoms with Gasteiger partial charge in [-0.3, -0.25) is 4.79 Å². The number of hydrogen-bond acceptors (Lipinski definition) is 3. The van der Waals surface area contributed by atoms with E-state index in [1.807, 2.05) is 6.92 Å². The maximum absolute atomic E-state index is 11.6. The number of Topliss-reactive ketones (excluding diaryl/α,β-unsaturated/α-hetero) is 1. The Kier molecular flexibility index (Phi) is 9.03. The number of hydrogen-bond donors (Lipinski definition) is 1. The van der Waals surface area contributed by atoms with Crippen LogP contribution < -0.4 is 0 Å². The molecule has 0 saturated heterocycles. The molecule has 2 saturated carbocycles. The topological polar surface area (TPSA) is 54.4 Å². The molecule has 3 nitrogen and oxygen atoms in total. The van der Waals surface area contributed by atoms with Crippen LogP contribution in [0.15, 0.2) is 0 Å². The van der Waals surface area contributed by atoms with Crippen molar-refractivity contribution in [2.75, 3.05) is 6.61 Å². The number of fused-ring (bicyclic) bond motifs is 2. The third-order valence-electron chi connectivity index (χ3n) is 5.38. The van der Waals surface area contributed by atoms with Crippen LogP contribution in [0.25, 0.3) is 0 Å².